The first-order valence-corrected chi connectivity index (χ1v) is 6.07. The fourth-order valence-corrected chi connectivity index (χ4v) is 2.42. The molecular weight excluding hydrogens is 257 g/mol. The largest absolute Gasteiger partial charge is 0.366 e. The van der Waals surface area contributed by atoms with Gasteiger partial charge in [0.05, 0.1) is 17.3 Å². The smallest absolute Gasteiger partial charge is 0.261 e. The summed E-state index contributed by atoms with van der Waals surface area (Å²) in [4.78, 5) is 18.8. The molecule has 6 heteroatoms. The van der Waals surface area contributed by atoms with Crippen LogP contribution in [-0.2, 0) is 4.79 Å². The third kappa shape index (κ3) is 2.27. The van der Waals surface area contributed by atoms with Crippen LogP contribution in [-0.4, -0.2) is 48.6 Å². The van der Waals surface area contributed by atoms with Gasteiger partial charge in [0.25, 0.3) is 5.91 Å². The Bertz CT molecular complexity index is 468. The van der Waals surface area contributed by atoms with E-state index in [1.165, 1.54) is 11.1 Å². The Labute approximate surface area is 110 Å². The van der Waals surface area contributed by atoms with Gasteiger partial charge < -0.3 is 9.80 Å². The van der Waals surface area contributed by atoms with E-state index in [9.17, 15) is 9.18 Å². The summed E-state index contributed by atoms with van der Waals surface area (Å²) < 4.78 is 14.5. The van der Waals surface area contributed by atoms with Crippen molar-refractivity contribution in [2.45, 2.75) is 12.1 Å². The molecule has 0 aliphatic carbocycles. The van der Waals surface area contributed by atoms with E-state index in [1.807, 2.05) is 0 Å². The van der Waals surface area contributed by atoms with Gasteiger partial charge in [-0.15, -0.1) is 0 Å². The number of amides is 1. The van der Waals surface area contributed by atoms with Crippen molar-refractivity contribution >= 4 is 23.2 Å². The standard InChI is InChI=1S/C12H15ClFN3O/c1-16(2)11(18)12(14)4-6-17(8-12)10-3-5-15-7-9(10)13/h3,5,7H,4,6,8H2,1-2H3. The van der Waals surface area contributed by atoms with Gasteiger partial charge in [-0.3, -0.25) is 9.78 Å². The molecule has 0 aromatic carbocycles. The van der Waals surface area contributed by atoms with Crippen molar-refractivity contribution in [1.29, 1.82) is 0 Å². The maximum Gasteiger partial charge on any atom is 0.261 e. The molecule has 1 aromatic heterocycles. The molecular formula is C12H15ClFN3O. The maximum absolute atomic E-state index is 14.5. The fourth-order valence-electron chi connectivity index (χ4n) is 2.18. The third-order valence-electron chi connectivity index (χ3n) is 3.10. The molecule has 1 unspecified atom stereocenters. The molecule has 1 fully saturated rings. The predicted molar refractivity (Wildman–Crippen MR) is 68.6 cm³/mol. The Hall–Kier alpha value is -1.36. The zero-order valence-electron chi connectivity index (χ0n) is 10.4. The van der Waals surface area contributed by atoms with Gasteiger partial charge in [0.1, 0.15) is 0 Å². The quantitative estimate of drug-likeness (QED) is 0.822. The van der Waals surface area contributed by atoms with Crippen LogP contribution in [0.1, 0.15) is 6.42 Å². The van der Waals surface area contributed by atoms with Gasteiger partial charge in [-0.2, -0.15) is 0 Å². The van der Waals surface area contributed by atoms with E-state index in [0.717, 1.165) is 5.69 Å². The average molecular weight is 272 g/mol. The minimum atomic E-state index is -1.82. The summed E-state index contributed by atoms with van der Waals surface area (Å²) in [5.41, 5.74) is -1.10. The number of hydrogen-bond donors (Lipinski definition) is 0. The van der Waals surface area contributed by atoms with Crippen molar-refractivity contribution in [2.24, 2.45) is 0 Å². The zero-order valence-corrected chi connectivity index (χ0v) is 11.1. The number of aromatic nitrogens is 1. The second-order valence-electron chi connectivity index (χ2n) is 4.66. The highest BCUT2D eigenvalue weighted by molar-refractivity contribution is 6.33. The number of carbonyl (C=O) groups is 1. The Morgan fingerprint density at radius 2 is 2.33 bits per heavy atom. The first-order valence-electron chi connectivity index (χ1n) is 5.69. The van der Waals surface area contributed by atoms with Gasteiger partial charge in [-0.05, 0) is 6.07 Å². The van der Waals surface area contributed by atoms with Crippen molar-refractivity contribution in [1.82, 2.24) is 9.88 Å². The molecule has 18 heavy (non-hydrogen) atoms. The minimum absolute atomic E-state index is 0.0355. The second-order valence-corrected chi connectivity index (χ2v) is 5.07. The van der Waals surface area contributed by atoms with E-state index in [-0.39, 0.29) is 13.0 Å². The number of anilines is 1. The lowest BCUT2D eigenvalue weighted by atomic mass is 10.0. The number of hydrogen-bond acceptors (Lipinski definition) is 3. The lowest BCUT2D eigenvalue weighted by Crippen LogP contribution is -2.44. The van der Waals surface area contributed by atoms with Gasteiger partial charge in [0.2, 0.25) is 5.67 Å². The molecule has 1 aliphatic rings. The zero-order chi connectivity index (χ0) is 13.3. The maximum atomic E-state index is 14.5. The highest BCUT2D eigenvalue weighted by Gasteiger charge is 2.46. The molecule has 0 saturated carbocycles. The van der Waals surface area contributed by atoms with Gasteiger partial charge in [0, 0.05) is 39.5 Å². The van der Waals surface area contributed by atoms with E-state index in [1.54, 1.807) is 31.3 Å². The van der Waals surface area contributed by atoms with Crippen LogP contribution in [0.2, 0.25) is 5.02 Å². The molecule has 2 heterocycles. The summed E-state index contributed by atoms with van der Waals surface area (Å²) >= 11 is 6.02. The van der Waals surface area contributed by atoms with E-state index in [0.29, 0.717) is 11.6 Å². The summed E-state index contributed by atoms with van der Waals surface area (Å²) in [5.74, 6) is -0.491. The molecule has 1 aliphatic heterocycles. The van der Waals surface area contributed by atoms with Gasteiger partial charge >= 0.3 is 0 Å². The summed E-state index contributed by atoms with van der Waals surface area (Å²) in [6.45, 7) is 0.507. The van der Waals surface area contributed by atoms with Crippen LogP contribution in [0.3, 0.4) is 0 Å². The summed E-state index contributed by atoms with van der Waals surface area (Å²) in [6.07, 6.45) is 3.30. The van der Waals surface area contributed by atoms with Gasteiger partial charge in [-0.25, -0.2) is 4.39 Å². The number of carbonyl (C=O) groups excluding carboxylic acids is 1. The molecule has 1 saturated heterocycles. The Morgan fingerprint density at radius 3 is 2.94 bits per heavy atom. The SMILES string of the molecule is CN(C)C(=O)C1(F)CCN(c2ccncc2Cl)C1. The predicted octanol–water partition coefficient (Wildman–Crippen LogP) is 1.74. The summed E-state index contributed by atoms with van der Waals surface area (Å²) in [7, 11) is 3.12. The Kier molecular flexibility index (Phi) is 3.43. The van der Waals surface area contributed by atoms with Crippen LogP contribution in [0, 0.1) is 0 Å². The van der Waals surface area contributed by atoms with Crippen LogP contribution in [0.15, 0.2) is 18.5 Å². The number of halogens is 2. The van der Waals surface area contributed by atoms with Crippen LogP contribution in [0.5, 0.6) is 0 Å². The number of nitrogens with zero attached hydrogens (tertiary/aromatic N) is 3. The molecule has 2 rings (SSSR count). The number of pyridine rings is 1. The number of rotatable bonds is 2. The lowest BCUT2D eigenvalue weighted by Gasteiger charge is -2.24. The summed E-state index contributed by atoms with van der Waals surface area (Å²) in [5, 5.41) is 0.471. The molecule has 0 N–H and O–H groups in total. The van der Waals surface area contributed by atoms with Crippen molar-refractivity contribution in [3.05, 3.63) is 23.5 Å². The highest BCUT2D eigenvalue weighted by atomic mass is 35.5. The second kappa shape index (κ2) is 4.72. The average Bonchev–Trinajstić information content (AvgIpc) is 2.72. The third-order valence-corrected chi connectivity index (χ3v) is 3.39. The van der Waals surface area contributed by atoms with Crippen molar-refractivity contribution in [3.63, 3.8) is 0 Å². The fraction of sp³-hybridized carbons (Fsp3) is 0.500. The van der Waals surface area contributed by atoms with Crippen molar-refractivity contribution in [2.75, 3.05) is 32.1 Å². The Morgan fingerprint density at radius 1 is 1.61 bits per heavy atom. The monoisotopic (exact) mass is 271 g/mol. The van der Waals surface area contributed by atoms with Crippen LogP contribution in [0.4, 0.5) is 10.1 Å². The molecule has 1 aromatic rings. The topological polar surface area (TPSA) is 36.4 Å². The highest BCUT2D eigenvalue weighted by Crippen LogP contribution is 2.34. The van der Waals surface area contributed by atoms with Gasteiger partial charge in [-0.1, -0.05) is 11.6 Å². The Balaban J connectivity index is 2.18. The lowest BCUT2D eigenvalue weighted by molar-refractivity contribution is -0.139. The molecule has 1 amide bonds. The molecule has 0 spiro atoms. The van der Waals surface area contributed by atoms with Crippen LogP contribution in [0.25, 0.3) is 0 Å². The van der Waals surface area contributed by atoms with Crippen molar-refractivity contribution < 1.29 is 9.18 Å². The van der Waals surface area contributed by atoms with Crippen LogP contribution < -0.4 is 4.90 Å². The van der Waals surface area contributed by atoms with E-state index in [4.69, 9.17) is 11.6 Å². The van der Waals surface area contributed by atoms with Gasteiger partial charge in [0.15, 0.2) is 0 Å². The minimum Gasteiger partial charge on any atom is -0.366 e. The van der Waals surface area contributed by atoms with Crippen LogP contribution >= 0.6 is 11.6 Å². The first-order chi connectivity index (χ1) is 8.44. The molecule has 98 valence electrons. The normalized spacial score (nSPS) is 23.2. The van der Waals surface area contributed by atoms with Crippen molar-refractivity contribution in [3.8, 4) is 0 Å². The molecule has 1 atom stereocenters. The van der Waals surface area contributed by atoms with E-state index < -0.39 is 11.6 Å². The molecule has 4 nitrogen and oxygen atoms in total. The molecule has 0 radical (unpaired) electrons. The van der Waals surface area contributed by atoms with E-state index in [2.05, 4.69) is 4.98 Å². The summed E-state index contributed by atoms with van der Waals surface area (Å²) in [6, 6.07) is 1.73. The number of alkyl halides is 1. The first kappa shape index (κ1) is 13.1. The molecule has 0 bridgehead atoms. The van der Waals surface area contributed by atoms with E-state index >= 15 is 0 Å².